The van der Waals surface area contributed by atoms with E-state index in [1.54, 1.807) is 19.1 Å². The van der Waals surface area contributed by atoms with E-state index in [-0.39, 0.29) is 22.0 Å². The number of benzene rings is 1. The zero-order chi connectivity index (χ0) is 23.6. The lowest BCUT2D eigenvalue weighted by Crippen LogP contribution is -2.54. The number of ketones is 1. The minimum atomic E-state index is -1.13. The zero-order valence-electron chi connectivity index (χ0n) is 20.7. The maximum atomic E-state index is 12.7. The molecule has 4 aliphatic rings. The van der Waals surface area contributed by atoms with Crippen molar-refractivity contribution >= 4 is 5.78 Å². The van der Waals surface area contributed by atoms with Crippen molar-refractivity contribution in [3.8, 4) is 5.75 Å². The Kier molecular flexibility index (Phi) is 5.38. The van der Waals surface area contributed by atoms with E-state index < -0.39 is 5.79 Å². The Morgan fingerprint density at radius 1 is 1.03 bits per heavy atom. The van der Waals surface area contributed by atoms with Crippen molar-refractivity contribution < 1.29 is 19.7 Å². The van der Waals surface area contributed by atoms with Gasteiger partial charge in [-0.1, -0.05) is 44.6 Å². The summed E-state index contributed by atoms with van der Waals surface area (Å²) in [6.07, 6.45) is 10.2. The molecule has 0 amide bonds. The van der Waals surface area contributed by atoms with Gasteiger partial charge < -0.3 is 14.9 Å². The molecule has 0 bridgehead atoms. The number of Topliss-reactive ketones (excluding diaryl/α,β-unsaturated/α-hetero) is 1. The average molecular weight is 453 g/mol. The molecule has 5 rings (SSSR count). The number of allylic oxidation sites excluding steroid dienone is 1. The molecular formula is C29H40O4. The largest absolute Gasteiger partial charge is 0.508 e. The quantitative estimate of drug-likeness (QED) is 0.424. The van der Waals surface area contributed by atoms with Gasteiger partial charge in [0.25, 0.3) is 0 Å². The Bertz CT molecular complexity index is 966. The molecule has 0 radical (unpaired) electrons. The first-order chi connectivity index (χ1) is 15.5. The van der Waals surface area contributed by atoms with Crippen LogP contribution in [0.1, 0.15) is 84.6 Å². The van der Waals surface area contributed by atoms with Crippen LogP contribution in [0, 0.1) is 34.0 Å². The van der Waals surface area contributed by atoms with Crippen molar-refractivity contribution in [3.63, 3.8) is 0 Å². The lowest BCUT2D eigenvalue weighted by molar-refractivity contribution is -0.231. The molecule has 180 valence electrons. The van der Waals surface area contributed by atoms with Crippen LogP contribution in [-0.4, -0.2) is 21.8 Å². The van der Waals surface area contributed by atoms with Gasteiger partial charge in [-0.15, -0.1) is 0 Å². The summed E-state index contributed by atoms with van der Waals surface area (Å²) in [6, 6.07) is 6.99. The molecule has 7 atom stereocenters. The molecular weight excluding hydrogens is 412 g/mol. The highest BCUT2D eigenvalue weighted by Gasteiger charge is 2.64. The van der Waals surface area contributed by atoms with Crippen molar-refractivity contribution in [3.05, 3.63) is 41.5 Å². The summed E-state index contributed by atoms with van der Waals surface area (Å²) >= 11 is 0. The van der Waals surface area contributed by atoms with Gasteiger partial charge >= 0.3 is 0 Å². The highest BCUT2D eigenvalue weighted by molar-refractivity contribution is 5.83. The number of hydrogen-bond donors (Lipinski definition) is 2. The average Bonchev–Trinajstić information content (AvgIpc) is 3.06. The second-order valence-electron chi connectivity index (χ2n) is 12.2. The van der Waals surface area contributed by atoms with Crippen molar-refractivity contribution in [2.45, 2.75) is 91.5 Å². The van der Waals surface area contributed by atoms with E-state index in [1.165, 1.54) is 18.4 Å². The summed E-state index contributed by atoms with van der Waals surface area (Å²) in [5.41, 5.74) is 2.38. The van der Waals surface area contributed by atoms with Gasteiger partial charge in [0.2, 0.25) is 0 Å². The molecule has 2 N–H and O–H groups in total. The third kappa shape index (κ3) is 3.43. The van der Waals surface area contributed by atoms with E-state index in [0.717, 1.165) is 31.2 Å². The number of hydrogen-bond acceptors (Lipinski definition) is 4. The fourth-order valence-corrected chi connectivity index (χ4v) is 8.40. The van der Waals surface area contributed by atoms with E-state index in [1.807, 2.05) is 12.1 Å². The summed E-state index contributed by atoms with van der Waals surface area (Å²) in [4.78, 5) is 12.7. The van der Waals surface area contributed by atoms with Crippen LogP contribution in [0.3, 0.4) is 0 Å². The number of aromatic hydroxyl groups is 1. The molecule has 4 aliphatic carbocycles. The van der Waals surface area contributed by atoms with Crippen molar-refractivity contribution in [1.82, 2.24) is 0 Å². The van der Waals surface area contributed by atoms with Gasteiger partial charge in [0.15, 0.2) is 5.79 Å². The second-order valence-corrected chi connectivity index (χ2v) is 12.2. The van der Waals surface area contributed by atoms with E-state index in [9.17, 15) is 15.0 Å². The number of aliphatic hydroxyl groups is 1. The van der Waals surface area contributed by atoms with Crippen LogP contribution in [0.2, 0.25) is 0 Å². The summed E-state index contributed by atoms with van der Waals surface area (Å²) in [5.74, 6) is 1.38. The maximum Gasteiger partial charge on any atom is 0.169 e. The molecule has 7 unspecified atom stereocenters. The van der Waals surface area contributed by atoms with E-state index >= 15 is 0 Å². The predicted octanol–water partition coefficient (Wildman–Crippen LogP) is 6.16. The Morgan fingerprint density at radius 2 is 1.73 bits per heavy atom. The molecule has 0 aromatic heterocycles. The molecule has 1 aromatic rings. The van der Waals surface area contributed by atoms with Crippen molar-refractivity contribution in [2.75, 3.05) is 0 Å². The van der Waals surface area contributed by atoms with E-state index in [0.29, 0.717) is 43.0 Å². The normalized spacial score (nSPS) is 44.4. The Hall–Kier alpha value is -1.65. The summed E-state index contributed by atoms with van der Waals surface area (Å²) in [5, 5.41) is 20.8. The van der Waals surface area contributed by atoms with Crippen LogP contribution in [0.25, 0.3) is 0 Å². The minimum absolute atomic E-state index is 0.115. The van der Waals surface area contributed by atoms with Gasteiger partial charge in [0, 0.05) is 18.3 Å². The first kappa shape index (κ1) is 23.1. The number of phenols is 1. The Balaban J connectivity index is 1.34. The molecule has 0 saturated heterocycles. The highest BCUT2D eigenvalue weighted by Crippen LogP contribution is 2.70. The number of rotatable bonds is 4. The van der Waals surface area contributed by atoms with E-state index in [2.05, 4.69) is 26.8 Å². The van der Waals surface area contributed by atoms with Crippen LogP contribution < -0.4 is 0 Å². The smallest absolute Gasteiger partial charge is 0.169 e. The van der Waals surface area contributed by atoms with Crippen LogP contribution >= 0.6 is 0 Å². The van der Waals surface area contributed by atoms with Gasteiger partial charge in [-0.25, -0.2) is 0 Å². The lowest BCUT2D eigenvalue weighted by Gasteiger charge is -2.60. The molecule has 0 spiro atoms. The fourth-order valence-electron chi connectivity index (χ4n) is 8.40. The third-order valence-electron chi connectivity index (χ3n) is 11.0. The molecule has 1 aromatic carbocycles. The van der Waals surface area contributed by atoms with Gasteiger partial charge in [-0.2, -0.15) is 0 Å². The van der Waals surface area contributed by atoms with Gasteiger partial charge in [-0.3, -0.25) is 4.79 Å². The topological polar surface area (TPSA) is 66.8 Å². The molecule has 4 heteroatoms. The minimum Gasteiger partial charge on any atom is -0.508 e. The lowest BCUT2D eigenvalue weighted by atomic mass is 9.45. The zero-order valence-corrected chi connectivity index (χ0v) is 20.7. The van der Waals surface area contributed by atoms with Crippen molar-refractivity contribution in [2.24, 2.45) is 34.0 Å². The maximum absolute atomic E-state index is 12.7. The van der Waals surface area contributed by atoms with Crippen molar-refractivity contribution in [1.29, 1.82) is 0 Å². The van der Waals surface area contributed by atoms with Crippen LogP contribution in [-0.2, 0) is 16.1 Å². The summed E-state index contributed by atoms with van der Waals surface area (Å²) in [6.45, 7) is 9.21. The monoisotopic (exact) mass is 452 g/mol. The Labute approximate surface area is 198 Å². The summed E-state index contributed by atoms with van der Waals surface area (Å²) < 4.78 is 6.06. The molecule has 4 nitrogen and oxygen atoms in total. The second kappa shape index (κ2) is 7.68. The molecule has 0 heterocycles. The van der Waals surface area contributed by atoms with Crippen LogP contribution in [0.15, 0.2) is 35.9 Å². The summed E-state index contributed by atoms with van der Waals surface area (Å²) in [7, 11) is 0. The van der Waals surface area contributed by atoms with Crippen LogP contribution in [0.5, 0.6) is 5.75 Å². The molecule has 33 heavy (non-hydrogen) atoms. The number of phenolic OH excluding ortho intramolecular Hbond substituents is 1. The first-order valence-corrected chi connectivity index (χ1v) is 12.9. The predicted molar refractivity (Wildman–Crippen MR) is 128 cm³/mol. The van der Waals surface area contributed by atoms with E-state index in [4.69, 9.17) is 4.74 Å². The fraction of sp³-hybridized carbons (Fsp3) is 0.690. The third-order valence-corrected chi connectivity index (χ3v) is 11.0. The first-order valence-electron chi connectivity index (χ1n) is 12.9. The SMILES string of the molecule is CC(=O)C1(C)CCC2C3CC=C4CC(O)(OCc5ccc(O)cc5)CCC4(C)C3CCC21C. The van der Waals surface area contributed by atoms with Gasteiger partial charge in [0.05, 0.1) is 6.61 Å². The molecule has 0 aliphatic heterocycles. The highest BCUT2D eigenvalue weighted by atomic mass is 16.6. The number of ether oxygens (including phenoxy) is 1. The Morgan fingerprint density at radius 3 is 2.42 bits per heavy atom. The molecule has 3 fully saturated rings. The standard InChI is InChI=1S/C29H40O4/c1-19(30)27(3)13-12-25-23-10-7-21-17-29(32,33-18-20-5-8-22(31)9-6-20)16-15-26(21,2)24(23)11-14-28(25,27)4/h5-9,23-25,31-32H,10-18H2,1-4H3. The number of fused-ring (bicyclic) bond motifs is 5. The number of carbonyl (C=O) groups excluding carboxylic acids is 1. The number of carbonyl (C=O) groups is 1. The van der Waals surface area contributed by atoms with Gasteiger partial charge in [-0.05, 0) is 91.7 Å². The van der Waals surface area contributed by atoms with Gasteiger partial charge in [0.1, 0.15) is 11.5 Å². The molecule has 3 saturated carbocycles. The van der Waals surface area contributed by atoms with Crippen LogP contribution in [0.4, 0.5) is 0 Å².